The third-order valence-corrected chi connectivity index (χ3v) is 4.34. The van der Waals surface area contributed by atoms with E-state index in [4.69, 9.17) is 9.47 Å². The molecule has 0 aromatic heterocycles. The molecule has 0 amide bonds. The summed E-state index contributed by atoms with van der Waals surface area (Å²) >= 11 is 0. The predicted octanol–water partition coefficient (Wildman–Crippen LogP) is 5.18. The van der Waals surface area contributed by atoms with Crippen molar-refractivity contribution in [3.8, 4) is 0 Å². The van der Waals surface area contributed by atoms with Crippen LogP contribution in [0, 0.1) is 0 Å². The zero-order valence-electron chi connectivity index (χ0n) is 14.6. The van der Waals surface area contributed by atoms with Crippen molar-refractivity contribution in [3.05, 3.63) is 12.2 Å². The van der Waals surface area contributed by atoms with Gasteiger partial charge in [-0.3, -0.25) is 0 Å². The molecule has 0 aromatic rings. The van der Waals surface area contributed by atoms with E-state index in [2.05, 4.69) is 13.5 Å². The standard InChI is InChI=1S/C19H34O3/c1-4-5-6-7-8-9-10-15-21-17-11-13-18(14-12-17)22-19(20)16(2)3/h17-18H,2,4-15H2,1,3H3. The molecule has 0 saturated heterocycles. The summed E-state index contributed by atoms with van der Waals surface area (Å²) in [5.74, 6) is -0.257. The molecule has 0 radical (unpaired) electrons. The van der Waals surface area contributed by atoms with Gasteiger partial charge in [0.25, 0.3) is 0 Å². The van der Waals surface area contributed by atoms with Crippen molar-refractivity contribution >= 4 is 5.97 Å². The normalized spacial score (nSPS) is 21.5. The molecule has 0 N–H and O–H groups in total. The molecule has 0 aliphatic heterocycles. The second-order valence-electron chi connectivity index (χ2n) is 6.58. The van der Waals surface area contributed by atoms with E-state index in [1.165, 1.54) is 44.9 Å². The Morgan fingerprint density at radius 3 is 2.09 bits per heavy atom. The van der Waals surface area contributed by atoms with Crippen molar-refractivity contribution in [2.45, 2.75) is 96.7 Å². The monoisotopic (exact) mass is 310 g/mol. The zero-order chi connectivity index (χ0) is 16.2. The number of ether oxygens (including phenoxy) is 2. The minimum absolute atomic E-state index is 0.0580. The van der Waals surface area contributed by atoms with Crippen LogP contribution in [0.3, 0.4) is 0 Å². The Morgan fingerprint density at radius 1 is 0.955 bits per heavy atom. The Labute approximate surface area is 136 Å². The van der Waals surface area contributed by atoms with E-state index < -0.39 is 0 Å². The summed E-state index contributed by atoms with van der Waals surface area (Å²) < 4.78 is 11.4. The zero-order valence-corrected chi connectivity index (χ0v) is 14.6. The Kier molecular flexibility index (Phi) is 10.2. The molecule has 22 heavy (non-hydrogen) atoms. The topological polar surface area (TPSA) is 35.5 Å². The van der Waals surface area contributed by atoms with Gasteiger partial charge in [-0.25, -0.2) is 4.79 Å². The van der Waals surface area contributed by atoms with E-state index in [1.807, 2.05) is 0 Å². The second kappa shape index (κ2) is 11.7. The molecule has 0 atom stereocenters. The van der Waals surface area contributed by atoms with Crippen LogP contribution in [-0.4, -0.2) is 24.8 Å². The maximum atomic E-state index is 11.5. The van der Waals surface area contributed by atoms with Crippen LogP contribution in [0.5, 0.6) is 0 Å². The van der Waals surface area contributed by atoms with E-state index >= 15 is 0 Å². The van der Waals surface area contributed by atoms with Crippen LogP contribution in [0.15, 0.2) is 12.2 Å². The SMILES string of the molecule is C=C(C)C(=O)OC1CCC(OCCCCCCCCC)CC1. The van der Waals surface area contributed by atoms with Crippen molar-refractivity contribution in [2.75, 3.05) is 6.61 Å². The van der Waals surface area contributed by atoms with Crippen LogP contribution >= 0.6 is 0 Å². The summed E-state index contributed by atoms with van der Waals surface area (Å²) in [6.45, 7) is 8.45. The van der Waals surface area contributed by atoms with Crippen molar-refractivity contribution in [1.29, 1.82) is 0 Å². The summed E-state index contributed by atoms with van der Waals surface area (Å²) in [6, 6.07) is 0. The molecule has 1 aliphatic rings. The van der Waals surface area contributed by atoms with Crippen molar-refractivity contribution in [3.63, 3.8) is 0 Å². The first-order chi connectivity index (χ1) is 10.6. The molecule has 1 rings (SSSR count). The van der Waals surface area contributed by atoms with Gasteiger partial charge in [0, 0.05) is 12.2 Å². The Bertz CT molecular complexity index is 317. The third kappa shape index (κ3) is 8.57. The lowest BCUT2D eigenvalue weighted by Gasteiger charge is -2.28. The molecule has 128 valence electrons. The van der Waals surface area contributed by atoms with Gasteiger partial charge in [-0.1, -0.05) is 52.0 Å². The quantitative estimate of drug-likeness (QED) is 0.299. The van der Waals surface area contributed by atoms with E-state index in [1.54, 1.807) is 6.92 Å². The fraction of sp³-hybridized carbons (Fsp3) is 0.842. The summed E-state index contributed by atoms with van der Waals surface area (Å²) in [6.07, 6.45) is 13.5. The Hall–Kier alpha value is -0.830. The van der Waals surface area contributed by atoms with Crippen LogP contribution in [0.1, 0.15) is 84.5 Å². The number of carbonyl (C=O) groups is 1. The van der Waals surface area contributed by atoms with Gasteiger partial charge in [0.15, 0.2) is 0 Å². The molecular weight excluding hydrogens is 276 g/mol. The molecule has 0 unspecified atom stereocenters. The highest BCUT2D eigenvalue weighted by Crippen LogP contribution is 2.24. The fourth-order valence-electron chi connectivity index (χ4n) is 2.88. The lowest BCUT2D eigenvalue weighted by molar-refractivity contribution is -0.147. The highest BCUT2D eigenvalue weighted by atomic mass is 16.5. The van der Waals surface area contributed by atoms with Gasteiger partial charge in [0.1, 0.15) is 6.10 Å². The molecule has 1 saturated carbocycles. The highest BCUT2D eigenvalue weighted by molar-refractivity contribution is 5.87. The molecule has 0 bridgehead atoms. The average Bonchev–Trinajstić information content (AvgIpc) is 2.51. The number of rotatable bonds is 11. The third-order valence-electron chi connectivity index (χ3n) is 4.34. The number of unbranched alkanes of at least 4 members (excludes halogenated alkanes) is 6. The van der Waals surface area contributed by atoms with Crippen molar-refractivity contribution in [2.24, 2.45) is 0 Å². The van der Waals surface area contributed by atoms with Crippen LogP contribution in [0.2, 0.25) is 0 Å². The molecule has 1 fully saturated rings. The largest absolute Gasteiger partial charge is 0.459 e. The summed E-state index contributed by atoms with van der Waals surface area (Å²) in [4.78, 5) is 11.5. The molecule has 0 spiro atoms. The number of hydrogen-bond acceptors (Lipinski definition) is 3. The first-order valence-electron chi connectivity index (χ1n) is 9.11. The summed E-state index contributed by atoms with van der Waals surface area (Å²) in [5.41, 5.74) is 0.484. The minimum atomic E-state index is -0.257. The number of esters is 1. The first kappa shape index (κ1) is 19.2. The number of hydrogen-bond donors (Lipinski definition) is 0. The van der Waals surface area contributed by atoms with Gasteiger partial charge in [-0.2, -0.15) is 0 Å². The van der Waals surface area contributed by atoms with Crippen molar-refractivity contribution in [1.82, 2.24) is 0 Å². The molecule has 3 nitrogen and oxygen atoms in total. The minimum Gasteiger partial charge on any atom is -0.459 e. The van der Waals surface area contributed by atoms with E-state index in [0.717, 1.165) is 32.3 Å². The predicted molar refractivity (Wildman–Crippen MR) is 90.9 cm³/mol. The fourth-order valence-corrected chi connectivity index (χ4v) is 2.88. The summed E-state index contributed by atoms with van der Waals surface area (Å²) in [5, 5.41) is 0. The first-order valence-corrected chi connectivity index (χ1v) is 9.11. The van der Waals surface area contributed by atoms with Gasteiger partial charge in [0.2, 0.25) is 0 Å². The van der Waals surface area contributed by atoms with E-state index in [9.17, 15) is 4.79 Å². The highest BCUT2D eigenvalue weighted by Gasteiger charge is 2.24. The molecule has 1 aliphatic carbocycles. The maximum Gasteiger partial charge on any atom is 0.333 e. The van der Waals surface area contributed by atoms with Crippen LogP contribution in [0.25, 0.3) is 0 Å². The van der Waals surface area contributed by atoms with Gasteiger partial charge in [-0.05, 0) is 39.0 Å². The molecular formula is C19H34O3. The lowest BCUT2D eigenvalue weighted by Crippen LogP contribution is -2.28. The Morgan fingerprint density at radius 2 is 1.50 bits per heavy atom. The second-order valence-corrected chi connectivity index (χ2v) is 6.58. The van der Waals surface area contributed by atoms with Gasteiger partial charge < -0.3 is 9.47 Å². The van der Waals surface area contributed by atoms with Crippen LogP contribution in [-0.2, 0) is 14.3 Å². The van der Waals surface area contributed by atoms with Gasteiger partial charge >= 0.3 is 5.97 Å². The van der Waals surface area contributed by atoms with E-state index in [-0.39, 0.29) is 12.1 Å². The maximum absolute atomic E-state index is 11.5. The molecule has 0 aromatic carbocycles. The number of carbonyl (C=O) groups excluding carboxylic acids is 1. The van der Waals surface area contributed by atoms with Crippen LogP contribution in [0.4, 0.5) is 0 Å². The Balaban J connectivity index is 1.97. The molecule has 0 heterocycles. The van der Waals surface area contributed by atoms with Crippen molar-refractivity contribution < 1.29 is 14.3 Å². The van der Waals surface area contributed by atoms with Crippen LogP contribution < -0.4 is 0 Å². The molecule has 3 heteroatoms. The average molecular weight is 310 g/mol. The smallest absolute Gasteiger partial charge is 0.333 e. The lowest BCUT2D eigenvalue weighted by atomic mass is 9.95. The van der Waals surface area contributed by atoms with E-state index in [0.29, 0.717) is 11.7 Å². The van der Waals surface area contributed by atoms with Gasteiger partial charge in [0.05, 0.1) is 6.10 Å². The van der Waals surface area contributed by atoms with Gasteiger partial charge in [-0.15, -0.1) is 0 Å². The summed E-state index contributed by atoms with van der Waals surface area (Å²) in [7, 11) is 0.